The number of terminal acetylenes is 1. The van der Waals surface area contributed by atoms with Crippen LogP contribution in [0.15, 0.2) is 24.5 Å². The van der Waals surface area contributed by atoms with E-state index in [0.717, 1.165) is 0 Å². The third-order valence-electron chi connectivity index (χ3n) is 4.79. The number of nitrogens with zero attached hydrogens (tertiary/aromatic N) is 5. The van der Waals surface area contributed by atoms with Gasteiger partial charge in [-0.15, -0.1) is 6.42 Å². The van der Waals surface area contributed by atoms with Crippen LogP contribution in [0.1, 0.15) is 29.0 Å². The van der Waals surface area contributed by atoms with Gasteiger partial charge in [-0.2, -0.15) is 0 Å². The standard InChI is InChI=1S/C20H19ClN6O3/c1-4-19(29)26-5-6-27(12(2)28)17(10-26)13-7-15(25-18(21)8-13)14-9-16(20(30)22-3)24-11-23-14/h1,7-9,11,17H,5-6,10H2,2-3H3,(H,22,30)/t17-/m0/s1. The Morgan fingerprint density at radius 1 is 1.20 bits per heavy atom. The van der Waals surface area contributed by atoms with Gasteiger partial charge >= 0.3 is 0 Å². The van der Waals surface area contributed by atoms with Gasteiger partial charge in [-0.25, -0.2) is 15.0 Å². The Morgan fingerprint density at radius 3 is 2.63 bits per heavy atom. The zero-order valence-electron chi connectivity index (χ0n) is 16.4. The largest absolute Gasteiger partial charge is 0.354 e. The van der Waals surface area contributed by atoms with Crippen molar-refractivity contribution in [1.82, 2.24) is 30.1 Å². The van der Waals surface area contributed by atoms with Gasteiger partial charge in [0.25, 0.3) is 11.8 Å². The Kier molecular flexibility index (Phi) is 6.28. The van der Waals surface area contributed by atoms with Crippen LogP contribution in [-0.2, 0) is 9.59 Å². The van der Waals surface area contributed by atoms with Crippen molar-refractivity contribution in [3.8, 4) is 23.7 Å². The minimum Gasteiger partial charge on any atom is -0.354 e. The highest BCUT2D eigenvalue weighted by Gasteiger charge is 2.32. The number of carbonyl (C=O) groups is 3. The van der Waals surface area contributed by atoms with E-state index in [-0.39, 0.29) is 29.2 Å². The average molecular weight is 427 g/mol. The lowest BCUT2D eigenvalue weighted by molar-refractivity contribution is -0.139. The summed E-state index contributed by atoms with van der Waals surface area (Å²) < 4.78 is 0. The number of rotatable bonds is 3. The molecule has 0 saturated carbocycles. The number of halogens is 1. The monoisotopic (exact) mass is 426 g/mol. The topological polar surface area (TPSA) is 108 Å². The van der Waals surface area contributed by atoms with Gasteiger partial charge in [0, 0.05) is 33.6 Å². The molecule has 3 amide bonds. The van der Waals surface area contributed by atoms with Crippen LogP contribution in [-0.4, -0.2) is 69.2 Å². The molecule has 0 aliphatic carbocycles. The lowest BCUT2D eigenvalue weighted by Gasteiger charge is -2.40. The van der Waals surface area contributed by atoms with E-state index < -0.39 is 11.9 Å². The molecule has 9 nitrogen and oxygen atoms in total. The molecule has 0 spiro atoms. The number of hydrogen-bond donors (Lipinski definition) is 1. The highest BCUT2D eigenvalue weighted by molar-refractivity contribution is 6.29. The van der Waals surface area contributed by atoms with Crippen LogP contribution in [0.5, 0.6) is 0 Å². The Balaban J connectivity index is 2.02. The summed E-state index contributed by atoms with van der Waals surface area (Å²) in [6, 6.07) is 4.41. The maximum atomic E-state index is 12.2. The number of hydrogen-bond acceptors (Lipinski definition) is 6. The predicted octanol–water partition coefficient (Wildman–Crippen LogP) is 0.917. The fourth-order valence-corrected chi connectivity index (χ4v) is 3.53. The maximum absolute atomic E-state index is 12.2. The van der Waals surface area contributed by atoms with Crippen molar-refractivity contribution in [2.75, 3.05) is 26.7 Å². The molecular formula is C20H19ClN6O3. The fourth-order valence-electron chi connectivity index (χ4n) is 3.31. The van der Waals surface area contributed by atoms with Crippen molar-refractivity contribution >= 4 is 29.3 Å². The lowest BCUT2D eigenvalue weighted by atomic mass is 10.0. The average Bonchev–Trinajstić information content (AvgIpc) is 2.77. The van der Waals surface area contributed by atoms with Crippen molar-refractivity contribution in [3.05, 3.63) is 40.9 Å². The second-order valence-corrected chi connectivity index (χ2v) is 6.99. The SMILES string of the molecule is C#CC(=O)N1CCN(C(C)=O)[C@H](c2cc(Cl)nc(-c3cc(C(=O)NC)ncn3)c2)C1. The molecule has 2 aromatic heterocycles. The minimum absolute atomic E-state index is 0.133. The number of nitrogens with one attached hydrogen (secondary N) is 1. The van der Waals surface area contributed by atoms with Crippen LogP contribution in [0.4, 0.5) is 0 Å². The van der Waals surface area contributed by atoms with E-state index in [1.54, 1.807) is 17.0 Å². The third kappa shape index (κ3) is 4.39. The van der Waals surface area contributed by atoms with Gasteiger partial charge in [0.1, 0.15) is 17.2 Å². The highest BCUT2D eigenvalue weighted by atomic mass is 35.5. The summed E-state index contributed by atoms with van der Waals surface area (Å²) in [6.45, 7) is 2.40. The Hall–Kier alpha value is -3.51. The van der Waals surface area contributed by atoms with Gasteiger partial charge in [0.15, 0.2) is 0 Å². The van der Waals surface area contributed by atoms with Crippen LogP contribution in [0.3, 0.4) is 0 Å². The molecule has 1 N–H and O–H groups in total. The zero-order chi connectivity index (χ0) is 21.8. The molecule has 1 aliphatic heterocycles. The first-order valence-electron chi connectivity index (χ1n) is 9.08. The summed E-state index contributed by atoms with van der Waals surface area (Å²) in [5.74, 6) is 1.18. The fraction of sp³-hybridized carbons (Fsp3) is 0.300. The first-order valence-corrected chi connectivity index (χ1v) is 9.46. The molecule has 3 rings (SSSR count). The predicted molar refractivity (Wildman–Crippen MR) is 109 cm³/mol. The lowest BCUT2D eigenvalue weighted by Crippen LogP contribution is -2.51. The van der Waals surface area contributed by atoms with Gasteiger partial charge in [0.05, 0.1) is 17.4 Å². The molecule has 154 valence electrons. The second-order valence-electron chi connectivity index (χ2n) is 6.60. The summed E-state index contributed by atoms with van der Waals surface area (Å²) >= 11 is 6.25. The molecule has 0 aromatic carbocycles. The second kappa shape index (κ2) is 8.88. The van der Waals surface area contributed by atoms with Gasteiger partial charge in [0.2, 0.25) is 5.91 Å². The Morgan fingerprint density at radius 2 is 1.97 bits per heavy atom. The van der Waals surface area contributed by atoms with Crippen molar-refractivity contribution in [2.45, 2.75) is 13.0 Å². The van der Waals surface area contributed by atoms with Gasteiger partial charge in [-0.1, -0.05) is 11.6 Å². The summed E-state index contributed by atoms with van der Waals surface area (Å²) in [7, 11) is 1.50. The van der Waals surface area contributed by atoms with E-state index in [4.69, 9.17) is 18.0 Å². The summed E-state index contributed by atoms with van der Waals surface area (Å²) in [5, 5.41) is 2.69. The van der Waals surface area contributed by atoms with Crippen molar-refractivity contribution in [3.63, 3.8) is 0 Å². The van der Waals surface area contributed by atoms with E-state index in [2.05, 4.69) is 26.2 Å². The maximum Gasteiger partial charge on any atom is 0.298 e. The first kappa shape index (κ1) is 21.2. The van der Waals surface area contributed by atoms with Crippen LogP contribution < -0.4 is 5.32 Å². The van der Waals surface area contributed by atoms with Gasteiger partial charge in [-0.3, -0.25) is 14.4 Å². The smallest absolute Gasteiger partial charge is 0.298 e. The number of amides is 3. The van der Waals surface area contributed by atoms with Gasteiger partial charge in [-0.05, 0) is 29.7 Å². The van der Waals surface area contributed by atoms with Crippen molar-refractivity contribution < 1.29 is 14.4 Å². The molecule has 1 saturated heterocycles. The third-order valence-corrected chi connectivity index (χ3v) is 4.98. The highest BCUT2D eigenvalue weighted by Crippen LogP contribution is 2.30. The van der Waals surface area contributed by atoms with E-state index in [1.807, 2.05) is 0 Å². The molecule has 1 aliphatic rings. The summed E-state index contributed by atoms with van der Waals surface area (Å²) in [6.07, 6.45) is 6.52. The molecule has 1 fully saturated rings. The van der Waals surface area contributed by atoms with E-state index in [0.29, 0.717) is 30.0 Å². The number of aromatic nitrogens is 3. The van der Waals surface area contributed by atoms with Crippen molar-refractivity contribution in [1.29, 1.82) is 0 Å². The molecule has 0 unspecified atom stereocenters. The molecular weight excluding hydrogens is 408 g/mol. The van der Waals surface area contributed by atoms with Crippen LogP contribution >= 0.6 is 11.6 Å². The van der Waals surface area contributed by atoms with Crippen LogP contribution in [0.2, 0.25) is 5.15 Å². The number of pyridine rings is 1. The van der Waals surface area contributed by atoms with Gasteiger partial charge < -0.3 is 15.1 Å². The normalized spacial score (nSPS) is 16.0. The molecule has 10 heteroatoms. The van der Waals surface area contributed by atoms with Crippen molar-refractivity contribution in [2.24, 2.45) is 0 Å². The molecule has 0 radical (unpaired) electrons. The first-order chi connectivity index (χ1) is 14.3. The molecule has 0 bridgehead atoms. The number of carbonyl (C=O) groups excluding carboxylic acids is 3. The molecule has 30 heavy (non-hydrogen) atoms. The summed E-state index contributed by atoms with van der Waals surface area (Å²) in [4.78, 5) is 51.7. The molecule has 1 atom stereocenters. The molecule has 3 heterocycles. The van der Waals surface area contributed by atoms with E-state index in [1.165, 1.54) is 31.3 Å². The quantitative estimate of drug-likeness (QED) is 0.577. The van der Waals surface area contributed by atoms with Crippen LogP contribution in [0, 0.1) is 12.3 Å². The Labute approximate surface area is 178 Å². The van der Waals surface area contributed by atoms with Crippen LogP contribution in [0.25, 0.3) is 11.4 Å². The van der Waals surface area contributed by atoms with E-state index in [9.17, 15) is 14.4 Å². The minimum atomic E-state index is -0.451. The zero-order valence-corrected chi connectivity index (χ0v) is 17.2. The number of piperazine rings is 1. The molecule has 2 aromatic rings. The summed E-state index contributed by atoms with van der Waals surface area (Å²) in [5.41, 5.74) is 1.66. The van der Waals surface area contributed by atoms with E-state index >= 15 is 0 Å². The Bertz CT molecular complexity index is 1050.